The summed E-state index contributed by atoms with van der Waals surface area (Å²) in [6.45, 7) is 0. The highest BCUT2D eigenvalue weighted by Crippen LogP contribution is 2.26. The molecular weight excluding hydrogens is 398 g/mol. The second-order valence-corrected chi connectivity index (χ2v) is 8.64. The van der Waals surface area contributed by atoms with Crippen molar-refractivity contribution >= 4 is 59.3 Å². The average Bonchev–Trinajstić information content (AvgIpc) is 3.19. The third-order valence-electron chi connectivity index (χ3n) is 4.32. The molecule has 138 valence electrons. The van der Waals surface area contributed by atoms with E-state index in [0.29, 0.717) is 27.4 Å². The molecule has 3 aromatic heterocycles. The van der Waals surface area contributed by atoms with Gasteiger partial charge in [-0.2, -0.15) is 0 Å². The van der Waals surface area contributed by atoms with Gasteiger partial charge in [-0.25, -0.2) is 23.2 Å². The van der Waals surface area contributed by atoms with Crippen molar-refractivity contribution < 1.29 is 12.8 Å². The van der Waals surface area contributed by atoms with Crippen LogP contribution in [0, 0.1) is 0 Å². The van der Waals surface area contributed by atoms with Crippen LogP contribution in [0.4, 0.5) is 5.13 Å². The molecule has 2 aromatic carbocycles. The second kappa shape index (κ2) is 6.11. The van der Waals surface area contributed by atoms with Crippen molar-refractivity contribution in [3.8, 4) is 0 Å². The lowest BCUT2D eigenvalue weighted by Crippen LogP contribution is -2.12. The summed E-state index contributed by atoms with van der Waals surface area (Å²) in [4.78, 5) is 21.0. The molecule has 0 atom stereocenters. The van der Waals surface area contributed by atoms with Gasteiger partial charge in [0.15, 0.2) is 5.13 Å². The van der Waals surface area contributed by atoms with Gasteiger partial charge in [-0.3, -0.25) is 4.72 Å². The SMILES string of the molecule is O=c1oc2ccccc2c2nc3ccc(S(=O)(=O)Nc4nccs4)cc3cc12. The van der Waals surface area contributed by atoms with Gasteiger partial charge in [0.1, 0.15) is 5.58 Å². The smallest absolute Gasteiger partial charge is 0.345 e. The Morgan fingerprint density at radius 2 is 1.89 bits per heavy atom. The van der Waals surface area contributed by atoms with Crippen LogP contribution in [0.25, 0.3) is 32.8 Å². The molecule has 0 aliphatic carbocycles. The maximum absolute atomic E-state index is 12.6. The van der Waals surface area contributed by atoms with Crippen molar-refractivity contribution in [3.63, 3.8) is 0 Å². The molecule has 28 heavy (non-hydrogen) atoms. The third-order valence-corrected chi connectivity index (χ3v) is 6.47. The summed E-state index contributed by atoms with van der Waals surface area (Å²) in [7, 11) is -3.80. The lowest BCUT2D eigenvalue weighted by Gasteiger charge is -2.08. The zero-order valence-electron chi connectivity index (χ0n) is 14.1. The Balaban J connectivity index is 1.72. The Hall–Kier alpha value is -3.30. The number of nitrogens with one attached hydrogen (secondary N) is 1. The zero-order chi connectivity index (χ0) is 19.3. The Bertz CT molecular complexity index is 1520. The average molecular weight is 409 g/mol. The maximum atomic E-state index is 12.6. The van der Waals surface area contributed by atoms with Crippen LogP contribution < -0.4 is 10.3 Å². The number of sulfonamides is 1. The van der Waals surface area contributed by atoms with Gasteiger partial charge in [0.05, 0.1) is 21.3 Å². The van der Waals surface area contributed by atoms with E-state index in [9.17, 15) is 13.2 Å². The van der Waals surface area contributed by atoms with Crippen LogP contribution in [0.5, 0.6) is 0 Å². The number of hydrogen-bond acceptors (Lipinski definition) is 7. The molecule has 0 saturated heterocycles. The Kier molecular flexibility index (Phi) is 3.68. The normalized spacial score (nSPS) is 12.0. The fourth-order valence-electron chi connectivity index (χ4n) is 3.04. The fraction of sp³-hybridized carbons (Fsp3) is 0. The van der Waals surface area contributed by atoms with Gasteiger partial charge in [0.2, 0.25) is 0 Å². The van der Waals surface area contributed by atoms with Crippen molar-refractivity contribution in [2.24, 2.45) is 0 Å². The molecule has 7 nitrogen and oxygen atoms in total. The number of nitrogens with zero attached hydrogens (tertiary/aromatic N) is 2. The van der Waals surface area contributed by atoms with Gasteiger partial charge in [0.25, 0.3) is 10.0 Å². The molecule has 5 rings (SSSR count). The molecule has 0 fully saturated rings. The molecule has 0 aliphatic rings. The summed E-state index contributed by atoms with van der Waals surface area (Å²) in [5.41, 5.74) is 1.04. The molecule has 0 radical (unpaired) electrons. The lowest BCUT2D eigenvalue weighted by atomic mass is 10.1. The van der Waals surface area contributed by atoms with Crippen LogP contribution in [-0.4, -0.2) is 18.4 Å². The number of aromatic nitrogens is 2. The molecule has 0 amide bonds. The molecule has 5 aromatic rings. The highest BCUT2D eigenvalue weighted by molar-refractivity contribution is 7.93. The maximum Gasteiger partial charge on any atom is 0.345 e. The van der Waals surface area contributed by atoms with Gasteiger partial charge in [0, 0.05) is 22.3 Å². The quantitative estimate of drug-likeness (QED) is 0.277. The zero-order valence-corrected chi connectivity index (χ0v) is 15.8. The van der Waals surface area contributed by atoms with E-state index in [4.69, 9.17) is 4.42 Å². The van der Waals surface area contributed by atoms with E-state index in [1.54, 1.807) is 29.6 Å². The number of pyridine rings is 1. The number of hydrogen-bond donors (Lipinski definition) is 1. The van der Waals surface area contributed by atoms with E-state index >= 15 is 0 Å². The van der Waals surface area contributed by atoms with Crippen LogP contribution in [0.2, 0.25) is 0 Å². The number of para-hydroxylation sites is 1. The second-order valence-electron chi connectivity index (χ2n) is 6.07. The molecule has 3 heterocycles. The Labute approximate surface area is 162 Å². The first-order valence-corrected chi connectivity index (χ1v) is 10.6. The van der Waals surface area contributed by atoms with Gasteiger partial charge in [-0.05, 0) is 36.4 Å². The summed E-state index contributed by atoms with van der Waals surface area (Å²) in [6.07, 6.45) is 1.52. The van der Waals surface area contributed by atoms with E-state index in [1.165, 1.54) is 29.7 Å². The molecule has 0 unspecified atom stereocenters. The predicted molar refractivity (Wildman–Crippen MR) is 108 cm³/mol. The van der Waals surface area contributed by atoms with E-state index < -0.39 is 15.6 Å². The molecule has 9 heteroatoms. The lowest BCUT2D eigenvalue weighted by molar-refractivity contribution is 0.569. The number of fused-ring (bicyclic) bond motifs is 4. The van der Waals surface area contributed by atoms with E-state index in [1.807, 2.05) is 12.1 Å². The predicted octanol–water partition coefficient (Wildman–Crippen LogP) is 3.75. The minimum absolute atomic E-state index is 0.0570. The summed E-state index contributed by atoms with van der Waals surface area (Å²) >= 11 is 1.19. The fourth-order valence-corrected chi connectivity index (χ4v) is 4.86. The van der Waals surface area contributed by atoms with Gasteiger partial charge in [-0.1, -0.05) is 12.1 Å². The minimum atomic E-state index is -3.80. The van der Waals surface area contributed by atoms with Gasteiger partial charge >= 0.3 is 5.63 Å². The van der Waals surface area contributed by atoms with Gasteiger partial charge < -0.3 is 4.42 Å². The summed E-state index contributed by atoms with van der Waals surface area (Å²) in [6, 6.07) is 13.3. The van der Waals surface area contributed by atoms with Gasteiger partial charge in [-0.15, -0.1) is 11.3 Å². The first-order chi connectivity index (χ1) is 13.5. The summed E-state index contributed by atoms with van der Waals surface area (Å²) in [5.74, 6) is 0. The molecule has 0 bridgehead atoms. The first kappa shape index (κ1) is 16.8. The topological polar surface area (TPSA) is 102 Å². The minimum Gasteiger partial charge on any atom is -0.422 e. The van der Waals surface area contributed by atoms with E-state index in [2.05, 4.69) is 14.7 Å². The van der Waals surface area contributed by atoms with Crippen LogP contribution in [0.15, 0.2) is 74.2 Å². The molecule has 0 spiro atoms. The first-order valence-electron chi connectivity index (χ1n) is 8.20. The molecule has 0 aliphatic heterocycles. The number of benzene rings is 2. The van der Waals surface area contributed by atoms with Crippen LogP contribution in [-0.2, 0) is 10.0 Å². The van der Waals surface area contributed by atoms with E-state index in [-0.39, 0.29) is 10.0 Å². The van der Waals surface area contributed by atoms with Crippen molar-refractivity contribution in [1.29, 1.82) is 0 Å². The van der Waals surface area contributed by atoms with Crippen molar-refractivity contribution in [2.45, 2.75) is 4.90 Å². The Morgan fingerprint density at radius 1 is 1.04 bits per heavy atom. The Morgan fingerprint density at radius 3 is 2.71 bits per heavy atom. The van der Waals surface area contributed by atoms with Crippen molar-refractivity contribution in [3.05, 3.63) is 70.5 Å². The monoisotopic (exact) mass is 409 g/mol. The third kappa shape index (κ3) is 2.72. The highest BCUT2D eigenvalue weighted by atomic mass is 32.2. The van der Waals surface area contributed by atoms with Crippen LogP contribution in [0.1, 0.15) is 0 Å². The largest absolute Gasteiger partial charge is 0.422 e. The van der Waals surface area contributed by atoms with Crippen LogP contribution in [0.3, 0.4) is 0 Å². The van der Waals surface area contributed by atoms with Crippen LogP contribution >= 0.6 is 11.3 Å². The summed E-state index contributed by atoms with van der Waals surface area (Å²) in [5, 5.41) is 3.51. The molecular formula is C19H11N3O4S2. The van der Waals surface area contributed by atoms with Crippen molar-refractivity contribution in [2.75, 3.05) is 4.72 Å². The summed E-state index contributed by atoms with van der Waals surface area (Å²) < 4.78 is 33.0. The number of rotatable bonds is 3. The highest BCUT2D eigenvalue weighted by Gasteiger charge is 2.17. The number of thiazole rings is 1. The number of anilines is 1. The molecule has 1 N–H and O–H groups in total. The molecule has 0 saturated carbocycles. The van der Waals surface area contributed by atoms with E-state index in [0.717, 1.165) is 5.39 Å². The van der Waals surface area contributed by atoms with Crippen molar-refractivity contribution in [1.82, 2.24) is 9.97 Å². The standard InChI is InChI=1S/C19H11N3O4S2/c23-18-14-10-11-9-12(28(24,25)22-19-20-7-8-27-19)5-6-15(11)21-17(14)13-3-1-2-4-16(13)26-18/h1-10H,(H,20,22).